The second-order valence-corrected chi connectivity index (χ2v) is 9.80. The molecule has 1 aliphatic carbocycles. The Balaban J connectivity index is 1.96. The van der Waals surface area contributed by atoms with Gasteiger partial charge >= 0.3 is 6.18 Å². The van der Waals surface area contributed by atoms with Crippen molar-refractivity contribution >= 4 is 19.6 Å². The Labute approximate surface area is 139 Å². The molecular formula is C15H22F4N2O2P+. The van der Waals surface area contributed by atoms with E-state index < -0.39 is 32.6 Å². The molecule has 0 radical (unpaired) electrons. The van der Waals surface area contributed by atoms with Crippen molar-refractivity contribution in [3.8, 4) is 0 Å². The average Bonchev–Trinajstić information content (AvgIpc) is 2.43. The molecule has 1 saturated carbocycles. The molecule has 9 heteroatoms. The van der Waals surface area contributed by atoms with Crippen LogP contribution in [0.5, 0.6) is 0 Å². The minimum absolute atomic E-state index is 0.106. The molecule has 0 saturated heterocycles. The minimum atomic E-state index is -4.37. The van der Waals surface area contributed by atoms with Crippen LogP contribution in [0.2, 0.25) is 0 Å². The SMILES string of the molecule is CC(C/C1=C/C(=O)C=N[P+](C)(C2CC(F)C2)NC1)OCC(F)(F)F. The topological polar surface area (TPSA) is 50.7 Å². The summed E-state index contributed by atoms with van der Waals surface area (Å²) in [6, 6.07) is 0. The molecular weight excluding hydrogens is 347 g/mol. The summed E-state index contributed by atoms with van der Waals surface area (Å²) in [6.07, 6.45) is -2.12. The fourth-order valence-corrected chi connectivity index (χ4v) is 5.40. The predicted octanol–water partition coefficient (Wildman–Crippen LogP) is 3.49. The summed E-state index contributed by atoms with van der Waals surface area (Å²) in [7, 11) is -2.04. The fraction of sp³-hybridized carbons (Fsp3) is 0.733. The maximum atomic E-state index is 13.1. The van der Waals surface area contributed by atoms with Gasteiger partial charge in [0.15, 0.2) is 13.3 Å². The molecule has 1 heterocycles. The van der Waals surface area contributed by atoms with Crippen molar-refractivity contribution in [3.63, 3.8) is 0 Å². The summed E-state index contributed by atoms with van der Waals surface area (Å²) >= 11 is 0. The highest BCUT2D eigenvalue weighted by Crippen LogP contribution is 2.63. The highest BCUT2D eigenvalue weighted by Gasteiger charge is 2.50. The highest BCUT2D eigenvalue weighted by atomic mass is 31.2. The van der Waals surface area contributed by atoms with Crippen LogP contribution in [0.25, 0.3) is 0 Å². The monoisotopic (exact) mass is 369 g/mol. The lowest BCUT2D eigenvalue weighted by molar-refractivity contribution is -0.183. The summed E-state index contributed by atoms with van der Waals surface area (Å²) in [4.78, 5) is 11.9. The molecule has 1 fully saturated rings. The van der Waals surface area contributed by atoms with Crippen molar-refractivity contribution in [1.29, 1.82) is 0 Å². The van der Waals surface area contributed by atoms with E-state index in [1.165, 1.54) is 19.2 Å². The van der Waals surface area contributed by atoms with Gasteiger partial charge in [-0.15, -0.1) is 4.76 Å². The van der Waals surface area contributed by atoms with E-state index in [9.17, 15) is 22.4 Å². The van der Waals surface area contributed by atoms with Crippen LogP contribution >= 0.6 is 7.56 Å². The molecule has 2 atom stereocenters. The number of nitrogens with zero attached hydrogens (tertiary/aromatic N) is 1. The number of allylic oxidation sites excluding steroid dienone is 1. The lowest BCUT2D eigenvalue weighted by Crippen LogP contribution is -2.37. The van der Waals surface area contributed by atoms with E-state index in [4.69, 9.17) is 4.74 Å². The van der Waals surface area contributed by atoms with E-state index >= 15 is 0 Å². The first kappa shape index (κ1) is 19.5. The van der Waals surface area contributed by atoms with Crippen LogP contribution in [0.15, 0.2) is 16.4 Å². The van der Waals surface area contributed by atoms with Gasteiger partial charge in [-0.2, -0.15) is 18.3 Å². The number of carbonyl (C=O) groups excluding carboxylic acids is 1. The van der Waals surface area contributed by atoms with Gasteiger partial charge < -0.3 is 4.74 Å². The van der Waals surface area contributed by atoms with Crippen molar-refractivity contribution in [2.45, 2.75) is 50.3 Å². The number of halogens is 4. The summed E-state index contributed by atoms with van der Waals surface area (Å²) in [5.74, 6) is -0.295. The van der Waals surface area contributed by atoms with E-state index in [0.29, 0.717) is 25.0 Å². The number of alkyl halides is 4. The fourth-order valence-electron chi connectivity index (χ4n) is 2.72. The van der Waals surface area contributed by atoms with E-state index in [0.717, 1.165) is 0 Å². The summed E-state index contributed by atoms with van der Waals surface area (Å²) in [6.45, 7) is 2.49. The van der Waals surface area contributed by atoms with Crippen LogP contribution in [0, 0.1) is 0 Å². The smallest absolute Gasteiger partial charge is 0.369 e. The number of ketones is 1. The summed E-state index contributed by atoms with van der Waals surface area (Å²) in [5.41, 5.74) is 0.776. The largest absolute Gasteiger partial charge is 0.411 e. The standard InChI is InChI=1S/C15H22F4N2O2P/c1-10(23-9-15(17,18)19)3-11-4-13(22)8-21-24(2,20-7-11)14-5-12(16)6-14/h4,8,10,12,14,20H,3,5-7,9H2,1-2H3/q+1/b11-4-,21-8?. The van der Waals surface area contributed by atoms with Gasteiger partial charge in [0.05, 0.1) is 19.3 Å². The van der Waals surface area contributed by atoms with Gasteiger partial charge in [0.2, 0.25) is 0 Å². The number of rotatable bonds is 5. The first-order valence-electron chi connectivity index (χ1n) is 7.80. The maximum absolute atomic E-state index is 13.1. The normalized spacial score (nSPS) is 34.8. The molecule has 0 aromatic rings. The summed E-state index contributed by atoms with van der Waals surface area (Å²) < 4.78 is 58.9. The van der Waals surface area contributed by atoms with Gasteiger partial charge in [0.1, 0.15) is 24.7 Å². The summed E-state index contributed by atoms with van der Waals surface area (Å²) in [5, 5.41) is 3.32. The van der Waals surface area contributed by atoms with Crippen molar-refractivity contribution in [2.24, 2.45) is 4.76 Å². The number of ether oxygens (including phenoxy) is 1. The molecule has 136 valence electrons. The lowest BCUT2D eigenvalue weighted by Gasteiger charge is -2.35. The van der Waals surface area contributed by atoms with Crippen molar-refractivity contribution in [1.82, 2.24) is 5.09 Å². The third-order valence-electron chi connectivity index (χ3n) is 4.25. The van der Waals surface area contributed by atoms with Crippen molar-refractivity contribution < 1.29 is 27.1 Å². The molecule has 1 aliphatic heterocycles. The van der Waals surface area contributed by atoms with Crippen LogP contribution < -0.4 is 5.09 Å². The first-order chi connectivity index (χ1) is 11.1. The molecule has 1 N–H and O–H groups in total. The van der Waals surface area contributed by atoms with Crippen LogP contribution in [0.4, 0.5) is 17.6 Å². The van der Waals surface area contributed by atoms with Gasteiger partial charge in [0.25, 0.3) is 0 Å². The van der Waals surface area contributed by atoms with Crippen LogP contribution in [0.1, 0.15) is 26.2 Å². The van der Waals surface area contributed by atoms with Gasteiger partial charge in [0, 0.05) is 12.8 Å². The Morgan fingerprint density at radius 1 is 1.46 bits per heavy atom. The molecule has 2 aliphatic rings. The number of nitrogens with one attached hydrogen (secondary N) is 1. The zero-order valence-electron chi connectivity index (χ0n) is 13.6. The molecule has 2 unspecified atom stereocenters. The van der Waals surface area contributed by atoms with Gasteiger partial charge in [-0.05, 0) is 25.0 Å². The number of hydrogen-bond acceptors (Lipinski definition) is 4. The van der Waals surface area contributed by atoms with E-state index in [2.05, 4.69) is 9.85 Å². The van der Waals surface area contributed by atoms with E-state index in [1.54, 1.807) is 0 Å². The van der Waals surface area contributed by atoms with Crippen LogP contribution in [-0.2, 0) is 9.53 Å². The van der Waals surface area contributed by atoms with E-state index in [1.807, 2.05) is 6.66 Å². The maximum Gasteiger partial charge on any atom is 0.411 e. The molecule has 0 aromatic carbocycles. The predicted molar refractivity (Wildman–Crippen MR) is 86.4 cm³/mol. The molecule has 0 amide bonds. The Kier molecular flexibility index (Phi) is 6.15. The molecule has 24 heavy (non-hydrogen) atoms. The molecule has 2 rings (SSSR count). The number of hydrogen-bond donors (Lipinski definition) is 1. The van der Waals surface area contributed by atoms with Gasteiger partial charge in [-0.1, -0.05) is 0 Å². The molecule has 0 bridgehead atoms. The Morgan fingerprint density at radius 2 is 2.12 bits per heavy atom. The highest BCUT2D eigenvalue weighted by molar-refractivity contribution is 7.73. The Hall–Kier alpha value is -0.850. The average molecular weight is 369 g/mol. The zero-order chi connectivity index (χ0) is 18.0. The number of carbonyl (C=O) groups is 1. The quantitative estimate of drug-likeness (QED) is 0.596. The molecule has 0 aromatic heterocycles. The Morgan fingerprint density at radius 3 is 2.71 bits per heavy atom. The van der Waals surface area contributed by atoms with E-state index in [-0.39, 0.29) is 17.9 Å². The second-order valence-electron chi connectivity index (χ2n) is 6.47. The Bertz CT molecular complexity index is 532. The van der Waals surface area contributed by atoms with Crippen molar-refractivity contribution in [3.05, 3.63) is 11.6 Å². The third kappa shape index (κ3) is 5.60. The first-order valence-corrected chi connectivity index (χ1v) is 10.1. The van der Waals surface area contributed by atoms with Gasteiger partial charge in [-0.3, -0.25) is 4.79 Å². The minimum Gasteiger partial charge on any atom is -0.369 e. The second kappa shape index (κ2) is 7.58. The zero-order valence-corrected chi connectivity index (χ0v) is 14.5. The van der Waals surface area contributed by atoms with Gasteiger partial charge in [-0.25, -0.2) is 4.39 Å². The van der Waals surface area contributed by atoms with Crippen LogP contribution in [-0.4, -0.2) is 55.9 Å². The lowest BCUT2D eigenvalue weighted by atomic mass is 9.97. The van der Waals surface area contributed by atoms with Crippen LogP contribution in [0.3, 0.4) is 0 Å². The molecule has 0 spiro atoms. The molecule has 4 nitrogen and oxygen atoms in total. The van der Waals surface area contributed by atoms with Crippen molar-refractivity contribution in [2.75, 3.05) is 19.8 Å². The third-order valence-corrected chi connectivity index (χ3v) is 7.48.